The van der Waals surface area contributed by atoms with Crippen molar-refractivity contribution >= 4 is 17.5 Å². The molecule has 1 amide bonds. The van der Waals surface area contributed by atoms with Crippen molar-refractivity contribution in [1.82, 2.24) is 15.1 Å². The van der Waals surface area contributed by atoms with Gasteiger partial charge in [-0.15, -0.1) is 0 Å². The number of carbonyl (C=O) groups is 1. The standard InChI is InChI=1S/C24H32ClN3O2/c1-19-17-21(25)10-11-23(19)30-16-6-9-24(29)26-22(20-7-4-3-5-8-20)18-28-14-12-27(2)13-15-28/h3-5,7-8,10-11,17,22H,6,9,12-16,18H2,1-2H3,(H,26,29). The lowest BCUT2D eigenvalue weighted by atomic mass is 10.1. The van der Waals surface area contributed by atoms with Crippen LogP contribution in [0.15, 0.2) is 48.5 Å². The van der Waals surface area contributed by atoms with Crippen LogP contribution in [0.2, 0.25) is 5.02 Å². The van der Waals surface area contributed by atoms with Crippen molar-refractivity contribution in [2.75, 3.05) is 46.4 Å². The molecule has 1 N–H and O–H groups in total. The maximum absolute atomic E-state index is 12.6. The summed E-state index contributed by atoms with van der Waals surface area (Å²) in [7, 11) is 2.15. The Labute approximate surface area is 185 Å². The molecule has 1 heterocycles. The van der Waals surface area contributed by atoms with Gasteiger partial charge in [-0.3, -0.25) is 9.69 Å². The van der Waals surface area contributed by atoms with E-state index in [1.807, 2.05) is 43.3 Å². The van der Waals surface area contributed by atoms with Gasteiger partial charge >= 0.3 is 0 Å². The fraction of sp³-hybridized carbons (Fsp3) is 0.458. The highest BCUT2D eigenvalue weighted by Gasteiger charge is 2.21. The van der Waals surface area contributed by atoms with E-state index >= 15 is 0 Å². The SMILES string of the molecule is Cc1cc(Cl)ccc1OCCCC(=O)NC(CN1CCN(C)CC1)c1ccccc1. The Kier molecular flexibility index (Phi) is 8.55. The zero-order chi connectivity index (χ0) is 21.3. The topological polar surface area (TPSA) is 44.8 Å². The molecule has 0 aromatic heterocycles. The molecular weight excluding hydrogens is 398 g/mol. The largest absolute Gasteiger partial charge is 0.493 e. The molecule has 1 saturated heterocycles. The highest BCUT2D eigenvalue weighted by Crippen LogP contribution is 2.22. The first kappa shape index (κ1) is 22.6. The lowest BCUT2D eigenvalue weighted by molar-refractivity contribution is -0.122. The van der Waals surface area contributed by atoms with Gasteiger partial charge in [-0.2, -0.15) is 0 Å². The summed E-state index contributed by atoms with van der Waals surface area (Å²) in [6.07, 6.45) is 1.11. The van der Waals surface area contributed by atoms with Gasteiger partial charge in [0.25, 0.3) is 0 Å². The van der Waals surface area contributed by atoms with E-state index in [0.717, 1.165) is 49.6 Å². The zero-order valence-electron chi connectivity index (χ0n) is 17.9. The van der Waals surface area contributed by atoms with E-state index in [2.05, 4.69) is 34.3 Å². The summed E-state index contributed by atoms with van der Waals surface area (Å²) in [6.45, 7) is 7.51. The van der Waals surface area contributed by atoms with Crippen LogP contribution in [0.3, 0.4) is 0 Å². The summed E-state index contributed by atoms with van der Waals surface area (Å²) in [6, 6.07) is 15.8. The molecule has 0 radical (unpaired) electrons. The van der Waals surface area contributed by atoms with Crippen molar-refractivity contribution < 1.29 is 9.53 Å². The number of carbonyl (C=O) groups excluding carboxylic acids is 1. The van der Waals surface area contributed by atoms with Gasteiger partial charge in [0.2, 0.25) is 5.91 Å². The number of nitrogens with one attached hydrogen (secondary N) is 1. The maximum atomic E-state index is 12.6. The predicted octanol–water partition coefficient (Wildman–Crippen LogP) is 3.91. The molecule has 0 spiro atoms. The molecule has 0 bridgehead atoms. The molecule has 162 valence electrons. The number of nitrogens with zero attached hydrogens (tertiary/aromatic N) is 2. The number of benzene rings is 2. The summed E-state index contributed by atoms with van der Waals surface area (Å²) < 4.78 is 5.81. The number of hydrogen-bond donors (Lipinski definition) is 1. The minimum Gasteiger partial charge on any atom is -0.493 e. The van der Waals surface area contributed by atoms with Gasteiger partial charge in [0.15, 0.2) is 0 Å². The predicted molar refractivity (Wildman–Crippen MR) is 122 cm³/mol. The Morgan fingerprint density at radius 1 is 1.13 bits per heavy atom. The molecule has 1 unspecified atom stereocenters. The van der Waals surface area contributed by atoms with Crippen molar-refractivity contribution in [2.24, 2.45) is 0 Å². The van der Waals surface area contributed by atoms with Crippen molar-refractivity contribution in [3.63, 3.8) is 0 Å². The second kappa shape index (κ2) is 11.3. The number of halogens is 1. The Hall–Kier alpha value is -2.08. The number of ether oxygens (including phenoxy) is 1. The third-order valence-corrected chi connectivity index (χ3v) is 5.75. The number of amides is 1. The first-order chi connectivity index (χ1) is 14.5. The van der Waals surface area contributed by atoms with Crippen LogP contribution >= 0.6 is 11.6 Å². The Morgan fingerprint density at radius 2 is 1.87 bits per heavy atom. The van der Waals surface area contributed by atoms with Gasteiger partial charge in [-0.25, -0.2) is 0 Å². The minimum atomic E-state index is 0.00142. The lowest BCUT2D eigenvalue weighted by Gasteiger charge is -2.35. The van der Waals surface area contributed by atoms with Crippen LogP contribution in [0, 0.1) is 6.92 Å². The summed E-state index contributed by atoms with van der Waals surface area (Å²) in [5, 5.41) is 3.94. The molecule has 0 aliphatic carbocycles. The van der Waals surface area contributed by atoms with Crippen LogP contribution in [0.1, 0.15) is 30.0 Å². The molecule has 2 aromatic rings. The van der Waals surface area contributed by atoms with Crippen LogP contribution in [0.5, 0.6) is 5.75 Å². The van der Waals surface area contributed by atoms with Gasteiger partial charge in [-0.05, 0) is 49.7 Å². The van der Waals surface area contributed by atoms with Crippen molar-refractivity contribution in [1.29, 1.82) is 0 Å². The van der Waals surface area contributed by atoms with Crippen LogP contribution < -0.4 is 10.1 Å². The highest BCUT2D eigenvalue weighted by atomic mass is 35.5. The smallest absolute Gasteiger partial charge is 0.220 e. The average molecular weight is 430 g/mol. The summed E-state index contributed by atoms with van der Waals surface area (Å²) >= 11 is 5.98. The second-order valence-corrected chi connectivity index (χ2v) is 8.43. The maximum Gasteiger partial charge on any atom is 0.220 e. The zero-order valence-corrected chi connectivity index (χ0v) is 18.7. The normalized spacial score (nSPS) is 16.2. The molecule has 1 aliphatic rings. The highest BCUT2D eigenvalue weighted by molar-refractivity contribution is 6.30. The van der Waals surface area contributed by atoms with Crippen molar-refractivity contribution in [3.8, 4) is 5.75 Å². The van der Waals surface area contributed by atoms with E-state index in [0.29, 0.717) is 24.5 Å². The van der Waals surface area contributed by atoms with E-state index in [1.54, 1.807) is 0 Å². The van der Waals surface area contributed by atoms with E-state index in [9.17, 15) is 4.79 Å². The van der Waals surface area contributed by atoms with Crippen LogP contribution in [-0.4, -0.2) is 62.1 Å². The molecule has 1 fully saturated rings. The summed E-state index contributed by atoms with van der Waals surface area (Å²) in [4.78, 5) is 17.4. The Bertz CT molecular complexity index is 807. The number of aryl methyl sites for hydroxylation is 1. The Balaban J connectivity index is 1.49. The molecule has 3 rings (SSSR count). The quantitative estimate of drug-likeness (QED) is 0.614. The van der Waals surface area contributed by atoms with E-state index < -0.39 is 0 Å². The molecule has 0 saturated carbocycles. The van der Waals surface area contributed by atoms with Crippen LogP contribution in [-0.2, 0) is 4.79 Å². The van der Waals surface area contributed by atoms with Gasteiger partial charge in [0.05, 0.1) is 12.6 Å². The van der Waals surface area contributed by atoms with Crippen LogP contribution in [0.4, 0.5) is 0 Å². The fourth-order valence-corrected chi connectivity index (χ4v) is 3.89. The molecule has 5 nitrogen and oxygen atoms in total. The number of likely N-dealkylation sites (N-methyl/N-ethyl adjacent to an activating group) is 1. The van der Waals surface area contributed by atoms with E-state index in [4.69, 9.17) is 16.3 Å². The lowest BCUT2D eigenvalue weighted by Crippen LogP contribution is -2.47. The minimum absolute atomic E-state index is 0.00142. The van der Waals surface area contributed by atoms with Crippen molar-refractivity contribution in [3.05, 3.63) is 64.7 Å². The number of hydrogen-bond acceptors (Lipinski definition) is 4. The molecule has 1 atom stereocenters. The van der Waals surface area contributed by atoms with Gasteiger partial charge in [0, 0.05) is 44.2 Å². The van der Waals surface area contributed by atoms with Crippen molar-refractivity contribution in [2.45, 2.75) is 25.8 Å². The van der Waals surface area contributed by atoms with Gasteiger partial charge < -0.3 is 15.0 Å². The number of piperazine rings is 1. The van der Waals surface area contributed by atoms with Crippen LogP contribution in [0.25, 0.3) is 0 Å². The number of rotatable bonds is 9. The molecule has 1 aliphatic heterocycles. The van der Waals surface area contributed by atoms with E-state index in [1.165, 1.54) is 0 Å². The Morgan fingerprint density at radius 3 is 2.57 bits per heavy atom. The average Bonchev–Trinajstić information content (AvgIpc) is 2.74. The fourth-order valence-electron chi connectivity index (χ4n) is 3.66. The summed E-state index contributed by atoms with van der Waals surface area (Å²) in [5.74, 6) is 0.881. The second-order valence-electron chi connectivity index (χ2n) is 8.00. The first-order valence-electron chi connectivity index (χ1n) is 10.7. The first-order valence-corrected chi connectivity index (χ1v) is 11.0. The summed E-state index contributed by atoms with van der Waals surface area (Å²) in [5.41, 5.74) is 2.15. The third kappa shape index (κ3) is 7.01. The molecule has 2 aromatic carbocycles. The molecular formula is C24H32ClN3O2. The van der Waals surface area contributed by atoms with E-state index in [-0.39, 0.29) is 11.9 Å². The van der Waals surface area contributed by atoms with Gasteiger partial charge in [0.1, 0.15) is 5.75 Å². The molecule has 30 heavy (non-hydrogen) atoms. The third-order valence-electron chi connectivity index (χ3n) is 5.52. The molecule has 6 heteroatoms. The van der Waals surface area contributed by atoms with Gasteiger partial charge in [-0.1, -0.05) is 41.9 Å². The monoisotopic (exact) mass is 429 g/mol.